The van der Waals surface area contributed by atoms with Gasteiger partial charge in [0.1, 0.15) is 17.5 Å². The lowest BCUT2D eigenvalue weighted by Crippen LogP contribution is -2.00. The zero-order valence-electron chi connectivity index (χ0n) is 8.93. The second kappa shape index (κ2) is 5.61. The van der Waals surface area contributed by atoms with Gasteiger partial charge in [0.25, 0.3) is 0 Å². The van der Waals surface area contributed by atoms with Crippen LogP contribution in [0.1, 0.15) is 16.0 Å². The van der Waals surface area contributed by atoms with E-state index in [0.29, 0.717) is 9.13 Å². The van der Waals surface area contributed by atoms with E-state index in [0.717, 1.165) is 18.2 Å². The molecule has 0 nitrogen and oxygen atoms in total. The first-order valence-corrected chi connectivity index (χ1v) is 7.02. The van der Waals surface area contributed by atoms with Crippen LogP contribution in [0.2, 0.25) is 0 Å². The third kappa shape index (κ3) is 2.88. The first-order valence-electron chi connectivity index (χ1n) is 5.03. The Bertz CT molecular complexity index is 586. The van der Waals surface area contributed by atoms with Gasteiger partial charge in [-0.05, 0) is 58.5 Å². The van der Waals surface area contributed by atoms with Crippen molar-refractivity contribution in [2.24, 2.45) is 0 Å². The number of hydrogen-bond acceptors (Lipinski definition) is 0. The highest BCUT2D eigenvalue weighted by atomic mass is 127. The van der Waals surface area contributed by atoms with E-state index >= 15 is 0 Å². The molecule has 0 bridgehead atoms. The minimum absolute atomic E-state index is 0.194. The number of rotatable bonds is 2. The van der Waals surface area contributed by atoms with Crippen LogP contribution in [0.15, 0.2) is 36.4 Å². The molecule has 0 saturated carbocycles. The second-order valence-corrected chi connectivity index (χ2v) is 5.77. The maximum atomic E-state index is 13.6. The van der Waals surface area contributed by atoms with Crippen molar-refractivity contribution in [3.63, 3.8) is 0 Å². The molecule has 0 amide bonds. The molecule has 1 unspecified atom stereocenters. The second-order valence-electron chi connectivity index (χ2n) is 3.69. The van der Waals surface area contributed by atoms with Crippen LogP contribution in [-0.4, -0.2) is 0 Å². The van der Waals surface area contributed by atoms with Crippen LogP contribution in [0.4, 0.5) is 13.2 Å². The first kappa shape index (κ1) is 13.9. The lowest BCUT2D eigenvalue weighted by Gasteiger charge is -2.13. The monoisotopic (exact) mass is 426 g/mol. The van der Waals surface area contributed by atoms with Gasteiger partial charge in [0.05, 0.1) is 4.83 Å². The third-order valence-corrected chi connectivity index (χ3v) is 4.39. The maximum absolute atomic E-state index is 13.6. The molecule has 18 heavy (non-hydrogen) atoms. The Morgan fingerprint density at radius 3 is 2.17 bits per heavy atom. The van der Waals surface area contributed by atoms with Crippen molar-refractivity contribution in [1.29, 1.82) is 0 Å². The average Bonchev–Trinajstić information content (AvgIpc) is 2.31. The van der Waals surface area contributed by atoms with Crippen molar-refractivity contribution < 1.29 is 13.2 Å². The van der Waals surface area contributed by atoms with Crippen LogP contribution in [0, 0.1) is 21.0 Å². The maximum Gasteiger partial charge on any atom is 0.128 e. The Labute approximate surface area is 124 Å². The van der Waals surface area contributed by atoms with Gasteiger partial charge in [-0.3, -0.25) is 0 Å². The van der Waals surface area contributed by atoms with Crippen molar-refractivity contribution in [3.05, 3.63) is 68.5 Å². The smallest absolute Gasteiger partial charge is 0.128 e. The summed E-state index contributed by atoms with van der Waals surface area (Å²) >= 11 is 5.28. The Morgan fingerprint density at radius 1 is 0.889 bits per heavy atom. The fourth-order valence-corrected chi connectivity index (χ4v) is 3.55. The third-order valence-electron chi connectivity index (χ3n) is 2.47. The molecule has 0 N–H and O–H groups in total. The van der Waals surface area contributed by atoms with Crippen LogP contribution >= 0.6 is 38.5 Å². The fraction of sp³-hybridized carbons (Fsp3) is 0.0769. The van der Waals surface area contributed by atoms with Crippen molar-refractivity contribution in [2.75, 3.05) is 0 Å². The molecule has 0 spiro atoms. The van der Waals surface area contributed by atoms with E-state index in [1.807, 2.05) is 22.6 Å². The van der Waals surface area contributed by atoms with Gasteiger partial charge in [-0.15, -0.1) is 0 Å². The molecule has 5 heteroatoms. The highest BCUT2D eigenvalue weighted by Crippen LogP contribution is 2.35. The summed E-state index contributed by atoms with van der Waals surface area (Å²) in [5, 5.41) is 0. The largest absolute Gasteiger partial charge is 0.207 e. The average molecular weight is 427 g/mol. The molecule has 0 saturated heterocycles. The molecule has 2 aromatic carbocycles. The number of hydrogen-bond donors (Lipinski definition) is 0. The van der Waals surface area contributed by atoms with Gasteiger partial charge in [0.2, 0.25) is 0 Å². The molecule has 0 aliphatic carbocycles. The van der Waals surface area contributed by atoms with Gasteiger partial charge in [-0.25, -0.2) is 13.2 Å². The zero-order valence-corrected chi connectivity index (χ0v) is 12.7. The summed E-state index contributed by atoms with van der Waals surface area (Å²) in [6.45, 7) is 0. The first-order chi connectivity index (χ1) is 8.49. The number of halogens is 5. The van der Waals surface area contributed by atoms with E-state index in [2.05, 4.69) is 15.9 Å². The van der Waals surface area contributed by atoms with Gasteiger partial charge in [0.15, 0.2) is 0 Å². The topological polar surface area (TPSA) is 0 Å². The predicted octanol–water partition coefficient (Wildman–Crippen LogP) is 5.19. The van der Waals surface area contributed by atoms with Crippen molar-refractivity contribution in [1.82, 2.24) is 0 Å². The number of alkyl halides is 1. The van der Waals surface area contributed by atoms with E-state index in [1.54, 1.807) is 6.07 Å². The summed E-state index contributed by atoms with van der Waals surface area (Å²) in [6.07, 6.45) is 0. The van der Waals surface area contributed by atoms with Crippen molar-refractivity contribution in [2.45, 2.75) is 4.83 Å². The van der Waals surface area contributed by atoms with Crippen LogP contribution in [0.3, 0.4) is 0 Å². The normalized spacial score (nSPS) is 12.5. The van der Waals surface area contributed by atoms with E-state index in [4.69, 9.17) is 0 Å². The molecule has 2 rings (SSSR count). The molecule has 1 atom stereocenters. The standard InChI is InChI=1S/C13H7BrF3I/c14-13(9-3-1-8(16)6-12(9)18)10-5-7(15)2-4-11(10)17/h1-6,13H. The molecule has 0 radical (unpaired) electrons. The Balaban J connectivity index is 2.47. The van der Waals surface area contributed by atoms with Gasteiger partial charge in [-0.1, -0.05) is 22.0 Å². The quantitative estimate of drug-likeness (QED) is 0.457. The predicted molar refractivity (Wildman–Crippen MR) is 76.2 cm³/mol. The van der Waals surface area contributed by atoms with E-state index in [9.17, 15) is 13.2 Å². The van der Waals surface area contributed by atoms with E-state index in [-0.39, 0.29) is 11.4 Å². The summed E-state index contributed by atoms with van der Waals surface area (Å²) < 4.78 is 40.4. The molecule has 0 heterocycles. The number of benzene rings is 2. The van der Waals surface area contributed by atoms with E-state index in [1.165, 1.54) is 12.1 Å². The molecule has 0 aliphatic rings. The van der Waals surface area contributed by atoms with Crippen LogP contribution in [0.5, 0.6) is 0 Å². The lowest BCUT2D eigenvalue weighted by molar-refractivity contribution is 0.588. The highest BCUT2D eigenvalue weighted by molar-refractivity contribution is 14.1. The van der Waals surface area contributed by atoms with Gasteiger partial charge in [0, 0.05) is 9.13 Å². The molecular weight excluding hydrogens is 420 g/mol. The fourth-order valence-electron chi connectivity index (χ4n) is 1.58. The summed E-state index contributed by atoms with van der Waals surface area (Å²) in [7, 11) is 0. The summed E-state index contributed by atoms with van der Waals surface area (Å²) in [4.78, 5) is -0.513. The van der Waals surface area contributed by atoms with Crippen molar-refractivity contribution in [3.8, 4) is 0 Å². The Kier molecular flexibility index (Phi) is 4.32. The molecule has 2 aromatic rings. The summed E-state index contributed by atoms with van der Waals surface area (Å²) in [5.74, 6) is -1.37. The Hall–Kier alpha value is -0.560. The van der Waals surface area contributed by atoms with Gasteiger partial charge < -0.3 is 0 Å². The summed E-state index contributed by atoms with van der Waals surface area (Å²) in [5.41, 5.74) is 0.890. The molecule has 0 aromatic heterocycles. The highest BCUT2D eigenvalue weighted by Gasteiger charge is 2.18. The van der Waals surface area contributed by atoms with Gasteiger partial charge in [-0.2, -0.15) is 0 Å². The van der Waals surface area contributed by atoms with Crippen molar-refractivity contribution >= 4 is 38.5 Å². The molecule has 0 fully saturated rings. The molecular formula is C13H7BrF3I. The van der Waals surface area contributed by atoms with Crippen LogP contribution in [-0.2, 0) is 0 Å². The lowest BCUT2D eigenvalue weighted by atomic mass is 10.0. The molecule has 94 valence electrons. The Morgan fingerprint density at radius 2 is 1.50 bits per heavy atom. The van der Waals surface area contributed by atoms with Crippen LogP contribution in [0.25, 0.3) is 0 Å². The zero-order chi connectivity index (χ0) is 13.3. The van der Waals surface area contributed by atoms with Crippen LogP contribution < -0.4 is 0 Å². The summed E-state index contributed by atoms with van der Waals surface area (Å²) in [6, 6.07) is 7.48. The minimum atomic E-state index is -0.513. The molecule has 0 aliphatic heterocycles. The minimum Gasteiger partial charge on any atom is -0.207 e. The van der Waals surface area contributed by atoms with E-state index < -0.39 is 16.5 Å². The van der Waals surface area contributed by atoms with Gasteiger partial charge >= 0.3 is 0 Å². The SMILES string of the molecule is Fc1ccc(C(Br)c2cc(F)ccc2F)c(I)c1.